The molecule has 1 fully saturated rings. The molecule has 1 saturated heterocycles. The minimum Gasteiger partial charge on any atom is -0.491 e. The number of carbonyl (C=O) groups is 1. The lowest BCUT2D eigenvalue weighted by Gasteiger charge is -2.32. The fraction of sp³-hybridized carbons (Fsp3) is 0.409. The van der Waals surface area contributed by atoms with E-state index in [1.807, 2.05) is 43.0 Å². The van der Waals surface area contributed by atoms with E-state index in [9.17, 15) is 4.79 Å². The lowest BCUT2D eigenvalue weighted by atomic mass is 9.90. The quantitative estimate of drug-likeness (QED) is 0.800. The normalized spacial score (nSPS) is 15.4. The highest BCUT2D eigenvalue weighted by molar-refractivity contribution is 5.94. The van der Waals surface area contributed by atoms with Crippen LogP contribution < -0.4 is 4.74 Å². The maximum atomic E-state index is 12.8. The van der Waals surface area contributed by atoms with Gasteiger partial charge < -0.3 is 9.64 Å². The molecule has 1 aliphatic heterocycles. The van der Waals surface area contributed by atoms with Gasteiger partial charge in [0.15, 0.2) is 0 Å². The summed E-state index contributed by atoms with van der Waals surface area (Å²) < 4.78 is 5.71. The van der Waals surface area contributed by atoms with E-state index in [1.54, 1.807) is 0 Å². The molecule has 0 spiro atoms. The Bertz CT molecular complexity index is 688. The number of amides is 1. The summed E-state index contributed by atoms with van der Waals surface area (Å²) in [6, 6.07) is 18.2. The van der Waals surface area contributed by atoms with Crippen molar-refractivity contribution in [3.63, 3.8) is 0 Å². The second kappa shape index (κ2) is 8.19. The van der Waals surface area contributed by atoms with Crippen molar-refractivity contribution in [2.75, 3.05) is 13.1 Å². The van der Waals surface area contributed by atoms with Crippen molar-refractivity contribution in [1.82, 2.24) is 4.90 Å². The van der Waals surface area contributed by atoms with Crippen LogP contribution in [-0.4, -0.2) is 30.0 Å². The minimum atomic E-state index is 0.110. The highest BCUT2D eigenvalue weighted by Crippen LogP contribution is 2.24. The van der Waals surface area contributed by atoms with Crippen molar-refractivity contribution >= 4 is 5.91 Å². The minimum absolute atomic E-state index is 0.110. The molecule has 0 atom stereocenters. The van der Waals surface area contributed by atoms with Crippen molar-refractivity contribution in [2.45, 2.75) is 39.2 Å². The highest BCUT2D eigenvalue weighted by atomic mass is 16.5. The lowest BCUT2D eigenvalue weighted by molar-refractivity contribution is 0.0690. The first-order chi connectivity index (χ1) is 12.1. The Morgan fingerprint density at radius 3 is 2.48 bits per heavy atom. The van der Waals surface area contributed by atoms with Gasteiger partial charge in [0, 0.05) is 18.7 Å². The van der Waals surface area contributed by atoms with Gasteiger partial charge in [-0.3, -0.25) is 4.79 Å². The lowest BCUT2D eigenvalue weighted by Crippen LogP contribution is -2.38. The zero-order chi connectivity index (χ0) is 17.6. The van der Waals surface area contributed by atoms with Gasteiger partial charge in [-0.05, 0) is 62.8 Å². The Kier molecular flexibility index (Phi) is 5.75. The Labute approximate surface area is 150 Å². The zero-order valence-corrected chi connectivity index (χ0v) is 15.2. The average Bonchev–Trinajstić information content (AvgIpc) is 2.62. The van der Waals surface area contributed by atoms with Crippen LogP contribution >= 0.6 is 0 Å². The molecule has 3 rings (SSSR count). The SMILES string of the molecule is CC(C)Oc1cccc(C(=O)N2CCC(Cc3ccccc3)CC2)c1. The number of benzene rings is 2. The molecule has 0 bridgehead atoms. The topological polar surface area (TPSA) is 29.5 Å². The van der Waals surface area contributed by atoms with Crippen molar-refractivity contribution in [3.8, 4) is 5.75 Å². The monoisotopic (exact) mass is 337 g/mol. The van der Waals surface area contributed by atoms with E-state index in [0.717, 1.165) is 43.7 Å². The molecule has 0 saturated carbocycles. The van der Waals surface area contributed by atoms with Gasteiger partial charge in [-0.25, -0.2) is 0 Å². The van der Waals surface area contributed by atoms with E-state index >= 15 is 0 Å². The summed E-state index contributed by atoms with van der Waals surface area (Å²) in [5.41, 5.74) is 2.12. The largest absolute Gasteiger partial charge is 0.491 e. The smallest absolute Gasteiger partial charge is 0.253 e. The van der Waals surface area contributed by atoms with Crippen LogP contribution in [0.5, 0.6) is 5.75 Å². The van der Waals surface area contributed by atoms with Crippen LogP contribution in [0.15, 0.2) is 54.6 Å². The third-order valence-corrected chi connectivity index (χ3v) is 4.72. The van der Waals surface area contributed by atoms with Gasteiger partial charge in [-0.2, -0.15) is 0 Å². The molecule has 0 radical (unpaired) electrons. The van der Waals surface area contributed by atoms with Gasteiger partial charge in [0.1, 0.15) is 5.75 Å². The number of hydrogen-bond acceptors (Lipinski definition) is 2. The molecule has 3 nitrogen and oxygen atoms in total. The first-order valence-electron chi connectivity index (χ1n) is 9.22. The van der Waals surface area contributed by atoms with E-state index in [-0.39, 0.29) is 12.0 Å². The molecular weight excluding hydrogens is 310 g/mol. The van der Waals surface area contributed by atoms with E-state index in [4.69, 9.17) is 4.74 Å². The third-order valence-electron chi connectivity index (χ3n) is 4.72. The van der Waals surface area contributed by atoms with Crippen LogP contribution in [0.3, 0.4) is 0 Å². The van der Waals surface area contributed by atoms with E-state index in [0.29, 0.717) is 5.92 Å². The van der Waals surface area contributed by atoms with Crippen LogP contribution in [0, 0.1) is 5.92 Å². The maximum absolute atomic E-state index is 12.8. The summed E-state index contributed by atoms with van der Waals surface area (Å²) in [5.74, 6) is 1.55. The maximum Gasteiger partial charge on any atom is 0.253 e. The number of piperidine rings is 1. The molecule has 2 aromatic rings. The number of carbonyl (C=O) groups excluding carboxylic acids is 1. The average molecular weight is 337 g/mol. The van der Waals surface area contributed by atoms with Gasteiger partial charge in [0.2, 0.25) is 0 Å². The Balaban J connectivity index is 1.56. The molecule has 0 aromatic heterocycles. The number of hydrogen-bond donors (Lipinski definition) is 0. The summed E-state index contributed by atoms with van der Waals surface area (Å²) in [6.45, 7) is 5.66. The first kappa shape index (κ1) is 17.5. The summed E-state index contributed by atoms with van der Waals surface area (Å²) in [7, 11) is 0. The zero-order valence-electron chi connectivity index (χ0n) is 15.2. The molecule has 132 valence electrons. The molecule has 1 amide bonds. The second-order valence-corrected chi connectivity index (χ2v) is 7.12. The standard InChI is InChI=1S/C22H27NO2/c1-17(2)25-21-10-6-9-20(16-21)22(24)23-13-11-19(12-14-23)15-18-7-4-3-5-8-18/h3-10,16-17,19H,11-15H2,1-2H3. The van der Waals surface area contributed by atoms with Gasteiger partial charge >= 0.3 is 0 Å². The molecule has 0 aliphatic carbocycles. The Morgan fingerprint density at radius 1 is 1.08 bits per heavy atom. The van der Waals surface area contributed by atoms with Crippen molar-refractivity contribution in [3.05, 3.63) is 65.7 Å². The Hall–Kier alpha value is -2.29. The van der Waals surface area contributed by atoms with Crippen LogP contribution in [0.2, 0.25) is 0 Å². The summed E-state index contributed by atoms with van der Waals surface area (Å²) in [5, 5.41) is 0. The van der Waals surface area contributed by atoms with Gasteiger partial charge in [-0.15, -0.1) is 0 Å². The van der Waals surface area contributed by atoms with Crippen molar-refractivity contribution in [2.24, 2.45) is 5.92 Å². The summed E-state index contributed by atoms with van der Waals surface area (Å²) >= 11 is 0. The van der Waals surface area contributed by atoms with Gasteiger partial charge in [-0.1, -0.05) is 36.4 Å². The molecule has 2 aromatic carbocycles. The third kappa shape index (κ3) is 4.85. The van der Waals surface area contributed by atoms with Crippen LogP contribution in [0.4, 0.5) is 0 Å². The highest BCUT2D eigenvalue weighted by Gasteiger charge is 2.24. The van der Waals surface area contributed by atoms with Gasteiger partial charge in [0.05, 0.1) is 6.10 Å². The number of likely N-dealkylation sites (tertiary alicyclic amines) is 1. The van der Waals surface area contributed by atoms with Crippen LogP contribution in [0.25, 0.3) is 0 Å². The molecular formula is C22H27NO2. The van der Waals surface area contributed by atoms with E-state index in [2.05, 4.69) is 30.3 Å². The fourth-order valence-electron chi connectivity index (χ4n) is 3.44. The fourth-order valence-corrected chi connectivity index (χ4v) is 3.44. The predicted molar refractivity (Wildman–Crippen MR) is 101 cm³/mol. The summed E-state index contributed by atoms with van der Waals surface area (Å²) in [6.07, 6.45) is 3.37. The number of rotatable bonds is 5. The van der Waals surface area contributed by atoms with Crippen molar-refractivity contribution in [1.29, 1.82) is 0 Å². The predicted octanol–water partition coefficient (Wildman–Crippen LogP) is 4.57. The first-order valence-corrected chi connectivity index (χ1v) is 9.22. The van der Waals surface area contributed by atoms with E-state index in [1.165, 1.54) is 5.56 Å². The number of ether oxygens (including phenoxy) is 1. The van der Waals surface area contributed by atoms with Crippen LogP contribution in [-0.2, 0) is 6.42 Å². The van der Waals surface area contributed by atoms with Gasteiger partial charge in [0.25, 0.3) is 5.91 Å². The molecule has 0 unspecified atom stereocenters. The van der Waals surface area contributed by atoms with Crippen LogP contribution in [0.1, 0.15) is 42.6 Å². The van der Waals surface area contributed by atoms with Crippen molar-refractivity contribution < 1.29 is 9.53 Å². The Morgan fingerprint density at radius 2 is 1.80 bits per heavy atom. The molecule has 0 N–H and O–H groups in total. The molecule has 1 heterocycles. The van der Waals surface area contributed by atoms with E-state index < -0.39 is 0 Å². The molecule has 25 heavy (non-hydrogen) atoms. The molecule has 1 aliphatic rings. The summed E-state index contributed by atoms with van der Waals surface area (Å²) in [4.78, 5) is 14.8. The second-order valence-electron chi connectivity index (χ2n) is 7.12. The number of nitrogens with zero attached hydrogens (tertiary/aromatic N) is 1. The molecule has 3 heteroatoms.